The van der Waals surface area contributed by atoms with Gasteiger partial charge in [0.15, 0.2) is 0 Å². The third-order valence-electron chi connectivity index (χ3n) is 2.44. The number of aliphatic imine (C=N–C) groups is 2. The molecule has 1 unspecified atom stereocenters. The fraction of sp³-hybridized carbons (Fsp3) is 0.692. The van der Waals surface area contributed by atoms with Crippen LogP contribution in [0.1, 0.15) is 47.0 Å². The maximum atomic E-state index is 4.52. The van der Waals surface area contributed by atoms with Crippen molar-refractivity contribution in [2.24, 2.45) is 15.9 Å². The van der Waals surface area contributed by atoms with Crippen molar-refractivity contribution in [2.75, 3.05) is 6.54 Å². The van der Waals surface area contributed by atoms with E-state index in [0.29, 0.717) is 5.92 Å². The van der Waals surface area contributed by atoms with Gasteiger partial charge in [0.2, 0.25) is 0 Å². The summed E-state index contributed by atoms with van der Waals surface area (Å²) in [5.74, 6) is 0.529. The number of unbranched alkanes of at least 4 members (excludes halogenated alkanes) is 1. The number of rotatable bonds is 7. The Kier molecular flexibility index (Phi) is 7.88. The van der Waals surface area contributed by atoms with E-state index in [9.17, 15) is 0 Å². The molecule has 0 aromatic rings. The van der Waals surface area contributed by atoms with Gasteiger partial charge in [-0.3, -0.25) is 9.98 Å². The van der Waals surface area contributed by atoms with Crippen molar-refractivity contribution >= 4 is 12.4 Å². The molecule has 2 nitrogen and oxygen atoms in total. The van der Waals surface area contributed by atoms with Crippen molar-refractivity contribution < 1.29 is 0 Å². The summed E-state index contributed by atoms with van der Waals surface area (Å²) in [4.78, 5) is 8.42. The molecule has 0 saturated heterocycles. The lowest BCUT2D eigenvalue weighted by Crippen LogP contribution is -2.09. The molecular weight excluding hydrogens is 184 g/mol. The van der Waals surface area contributed by atoms with Crippen LogP contribution in [-0.4, -0.2) is 19.0 Å². The van der Waals surface area contributed by atoms with Gasteiger partial charge in [-0.1, -0.05) is 26.7 Å². The van der Waals surface area contributed by atoms with Crippen LogP contribution in [0.25, 0.3) is 0 Å². The minimum absolute atomic E-state index is 0.529. The molecule has 0 saturated carbocycles. The van der Waals surface area contributed by atoms with Crippen molar-refractivity contribution in [1.82, 2.24) is 0 Å². The van der Waals surface area contributed by atoms with Crippen LogP contribution >= 0.6 is 0 Å². The highest BCUT2D eigenvalue weighted by Gasteiger charge is 2.07. The van der Waals surface area contributed by atoms with Crippen LogP contribution < -0.4 is 0 Å². The second kappa shape index (κ2) is 8.39. The van der Waals surface area contributed by atoms with Crippen LogP contribution in [0.5, 0.6) is 0 Å². The Morgan fingerprint density at radius 3 is 2.53 bits per heavy atom. The molecule has 0 bridgehead atoms. The van der Waals surface area contributed by atoms with Gasteiger partial charge in [-0.05, 0) is 39.0 Å². The van der Waals surface area contributed by atoms with Gasteiger partial charge in [0.05, 0.1) is 0 Å². The van der Waals surface area contributed by atoms with Gasteiger partial charge < -0.3 is 0 Å². The van der Waals surface area contributed by atoms with E-state index in [1.807, 2.05) is 6.92 Å². The Bertz CT molecular complexity index is 239. The zero-order chi connectivity index (χ0) is 11.7. The first-order valence-corrected chi connectivity index (χ1v) is 5.85. The molecule has 0 amide bonds. The van der Waals surface area contributed by atoms with E-state index in [-0.39, 0.29) is 0 Å². The van der Waals surface area contributed by atoms with Crippen LogP contribution in [0.2, 0.25) is 0 Å². The summed E-state index contributed by atoms with van der Waals surface area (Å²) >= 11 is 0. The number of hydrogen-bond acceptors (Lipinski definition) is 2. The van der Waals surface area contributed by atoms with Crippen LogP contribution in [-0.2, 0) is 0 Å². The van der Waals surface area contributed by atoms with Gasteiger partial charge in [0.1, 0.15) is 0 Å². The average Bonchev–Trinajstić information content (AvgIpc) is 2.24. The highest BCUT2D eigenvalue weighted by molar-refractivity contribution is 5.97. The van der Waals surface area contributed by atoms with Gasteiger partial charge >= 0.3 is 0 Å². The number of nitrogens with zero attached hydrogens (tertiary/aromatic N) is 2. The summed E-state index contributed by atoms with van der Waals surface area (Å²) in [5.41, 5.74) is 2.11. The van der Waals surface area contributed by atoms with E-state index in [1.54, 1.807) is 0 Å². The van der Waals surface area contributed by atoms with Crippen molar-refractivity contribution in [3.63, 3.8) is 0 Å². The first kappa shape index (κ1) is 14.1. The molecule has 2 heteroatoms. The Labute approximate surface area is 94.2 Å². The average molecular weight is 208 g/mol. The van der Waals surface area contributed by atoms with E-state index < -0.39 is 0 Å². The van der Waals surface area contributed by atoms with E-state index in [2.05, 4.69) is 43.5 Å². The second-order valence-corrected chi connectivity index (χ2v) is 3.89. The highest BCUT2D eigenvalue weighted by Crippen LogP contribution is 2.12. The van der Waals surface area contributed by atoms with Crippen LogP contribution in [0.4, 0.5) is 0 Å². The van der Waals surface area contributed by atoms with E-state index >= 15 is 0 Å². The fourth-order valence-electron chi connectivity index (χ4n) is 1.44. The van der Waals surface area contributed by atoms with Crippen molar-refractivity contribution in [2.45, 2.75) is 47.0 Å². The smallest absolute Gasteiger partial charge is 0.0394 e. The summed E-state index contributed by atoms with van der Waals surface area (Å²) in [6.07, 6.45) is 5.76. The van der Waals surface area contributed by atoms with Gasteiger partial charge in [-0.25, -0.2) is 0 Å². The zero-order valence-corrected chi connectivity index (χ0v) is 10.6. The summed E-state index contributed by atoms with van der Waals surface area (Å²) in [6.45, 7) is 12.8. The Morgan fingerprint density at radius 1 is 1.40 bits per heavy atom. The van der Waals surface area contributed by atoms with Crippen molar-refractivity contribution in [3.8, 4) is 0 Å². The van der Waals surface area contributed by atoms with Gasteiger partial charge in [0.25, 0.3) is 0 Å². The predicted molar refractivity (Wildman–Crippen MR) is 70.0 cm³/mol. The Balaban J connectivity index is 4.52. The minimum Gasteiger partial charge on any atom is -0.290 e. The second-order valence-electron chi connectivity index (χ2n) is 3.89. The minimum atomic E-state index is 0.529. The fourth-order valence-corrected chi connectivity index (χ4v) is 1.44. The third-order valence-corrected chi connectivity index (χ3v) is 2.44. The monoisotopic (exact) mass is 208 g/mol. The molecule has 1 atom stereocenters. The zero-order valence-electron chi connectivity index (χ0n) is 10.6. The quantitative estimate of drug-likeness (QED) is 0.567. The van der Waals surface area contributed by atoms with Crippen molar-refractivity contribution in [3.05, 3.63) is 11.8 Å². The molecule has 15 heavy (non-hydrogen) atoms. The van der Waals surface area contributed by atoms with Crippen LogP contribution in [0, 0.1) is 5.92 Å². The Hall–Kier alpha value is -0.920. The molecule has 0 aliphatic carbocycles. The van der Waals surface area contributed by atoms with Gasteiger partial charge in [-0.2, -0.15) is 0 Å². The van der Waals surface area contributed by atoms with Gasteiger partial charge in [-0.15, -0.1) is 0 Å². The van der Waals surface area contributed by atoms with E-state index in [0.717, 1.165) is 18.0 Å². The molecule has 0 fully saturated rings. The first-order valence-electron chi connectivity index (χ1n) is 5.85. The first-order chi connectivity index (χ1) is 7.15. The summed E-state index contributed by atoms with van der Waals surface area (Å²) in [5, 5.41) is 0. The third kappa shape index (κ3) is 6.21. The number of hydrogen-bond donors (Lipinski definition) is 0. The Morgan fingerprint density at radius 2 is 2.07 bits per heavy atom. The predicted octanol–water partition coefficient (Wildman–Crippen LogP) is 3.88. The molecule has 0 aromatic carbocycles. The summed E-state index contributed by atoms with van der Waals surface area (Å²) < 4.78 is 0. The van der Waals surface area contributed by atoms with Gasteiger partial charge in [0, 0.05) is 18.0 Å². The largest absolute Gasteiger partial charge is 0.290 e. The maximum Gasteiger partial charge on any atom is 0.0394 e. The SMILES string of the molecule is C=N/C(C)=C\C(=NCC)C(C)CCCC. The lowest BCUT2D eigenvalue weighted by atomic mass is 9.98. The standard InChI is InChI=1S/C13H24N2/c1-6-8-9-11(3)13(15-7-2)10-12(4)14-5/h10-11H,5-9H2,1-4H3/b12-10-,15-13?. The molecule has 0 heterocycles. The van der Waals surface area contributed by atoms with E-state index in [1.165, 1.54) is 19.3 Å². The van der Waals surface area contributed by atoms with Crippen LogP contribution in [0.3, 0.4) is 0 Å². The molecule has 0 rings (SSSR count). The summed E-state index contributed by atoms with van der Waals surface area (Å²) in [6, 6.07) is 0. The molecule has 0 aromatic heterocycles. The van der Waals surface area contributed by atoms with Crippen LogP contribution in [0.15, 0.2) is 21.8 Å². The lowest BCUT2D eigenvalue weighted by Gasteiger charge is -2.11. The molecule has 86 valence electrons. The normalized spacial score (nSPS) is 15.2. The maximum absolute atomic E-state index is 4.52. The number of allylic oxidation sites excluding steroid dienone is 2. The highest BCUT2D eigenvalue weighted by atomic mass is 14.7. The summed E-state index contributed by atoms with van der Waals surface area (Å²) in [7, 11) is 0. The molecular formula is C13H24N2. The molecule has 0 aliphatic heterocycles. The molecule has 0 N–H and O–H groups in total. The van der Waals surface area contributed by atoms with Crippen molar-refractivity contribution in [1.29, 1.82) is 0 Å². The lowest BCUT2D eigenvalue weighted by molar-refractivity contribution is 0.624. The molecule has 0 radical (unpaired) electrons. The molecule has 0 spiro atoms. The van der Waals surface area contributed by atoms with E-state index in [4.69, 9.17) is 0 Å². The topological polar surface area (TPSA) is 24.7 Å². The molecule has 0 aliphatic rings.